The summed E-state index contributed by atoms with van der Waals surface area (Å²) in [6.45, 7) is 2.67. The molecule has 0 fully saturated rings. The number of Topliss-reactive ketones (excluding diaryl/α,β-unsaturated/α-hetero) is 1. The van der Waals surface area contributed by atoms with Gasteiger partial charge in [0.05, 0.1) is 5.75 Å². The Morgan fingerprint density at radius 3 is 2.52 bits per heavy atom. The number of ether oxygens (including phenoxy) is 1. The van der Waals surface area contributed by atoms with Crippen LogP contribution in [0.3, 0.4) is 0 Å². The van der Waals surface area contributed by atoms with Crippen LogP contribution in [0.15, 0.2) is 64.5 Å². The van der Waals surface area contributed by atoms with Crippen LogP contribution in [0.2, 0.25) is 0 Å². The Balaban J connectivity index is 1.59. The number of carbonyl (C=O) groups excluding carboxylic acids is 1. The van der Waals surface area contributed by atoms with Crippen LogP contribution in [0.4, 0.5) is 0 Å². The maximum atomic E-state index is 12.4. The van der Waals surface area contributed by atoms with Crippen molar-refractivity contribution in [1.82, 2.24) is 14.8 Å². The second-order valence-electron chi connectivity index (χ2n) is 5.97. The van der Waals surface area contributed by atoms with Crippen LogP contribution >= 0.6 is 11.8 Å². The molecule has 1 heterocycles. The minimum Gasteiger partial charge on any atom is -0.457 e. The fourth-order valence-electron chi connectivity index (χ4n) is 2.47. The van der Waals surface area contributed by atoms with Gasteiger partial charge in [-0.1, -0.05) is 43.3 Å². The number of thioether (sulfide) groups is 1. The molecule has 27 heavy (non-hydrogen) atoms. The minimum absolute atomic E-state index is 0.0243. The number of para-hydroxylation sites is 1. The van der Waals surface area contributed by atoms with E-state index in [-0.39, 0.29) is 17.2 Å². The summed E-state index contributed by atoms with van der Waals surface area (Å²) >= 11 is 1.27. The topological polar surface area (TPSA) is 77.0 Å². The van der Waals surface area contributed by atoms with Crippen LogP contribution in [-0.2, 0) is 6.54 Å². The Morgan fingerprint density at radius 2 is 1.81 bits per heavy atom. The largest absolute Gasteiger partial charge is 0.457 e. The number of unbranched alkanes of at least 4 members (excludes halogenated alkanes) is 1. The van der Waals surface area contributed by atoms with Crippen molar-refractivity contribution in [2.45, 2.75) is 31.5 Å². The highest BCUT2D eigenvalue weighted by Crippen LogP contribution is 2.22. The third-order valence-electron chi connectivity index (χ3n) is 3.95. The van der Waals surface area contributed by atoms with E-state index in [4.69, 9.17) is 4.74 Å². The van der Waals surface area contributed by atoms with Gasteiger partial charge in [0, 0.05) is 12.1 Å². The number of hydrogen-bond acceptors (Lipinski definition) is 5. The Bertz CT molecular complexity index is 933. The molecule has 1 N–H and O–H groups in total. The van der Waals surface area contributed by atoms with Gasteiger partial charge in [0.25, 0.3) is 0 Å². The monoisotopic (exact) mass is 383 g/mol. The van der Waals surface area contributed by atoms with Gasteiger partial charge in [-0.05, 0) is 42.8 Å². The standard InChI is InChI=1S/C20H21N3O3S/c1-2-3-13-23-19(25)21-22-20(23)27-14-18(24)15-9-11-17(12-10-15)26-16-7-5-4-6-8-16/h4-12H,2-3,13-14H2,1H3,(H,21,25). The van der Waals surface area contributed by atoms with Crippen molar-refractivity contribution in [3.63, 3.8) is 0 Å². The number of aromatic amines is 1. The second kappa shape index (κ2) is 9.23. The summed E-state index contributed by atoms with van der Waals surface area (Å²) in [7, 11) is 0. The maximum absolute atomic E-state index is 12.4. The molecule has 0 radical (unpaired) electrons. The van der Waals surface area contributed by atoms with Crippen LogP contribution in [0.5, 0.6) is 11.5 Å². The molecular formula is C20H21N3O3S. The molecule has 0 saturated heterocycles. The van der Waals surface area contributed by atoms with Gasteiger partial charge >= 0.3 is 5.69 Å². The lowest BCUT2D eigenvalue weighted by Crippen LogP contribution is -2.18. The smallest absolute Gasteiger partial charge is 0.343 e. The third-order valence-corrected chi connectivity index (χ3v) is 4.92. The van der Waals surface area contributed by atoms with E-state index in [0.717, 1.165) is 18.6 Å². The summed E-state index contributed by atoms with van der Waals surface area (Å²) in [4.78, 5) is 24.2. The van der Waals surface area contributed by atoms with Crippen LogP contribution in [0, 0.1) is 0 Å². The zero-order valence-corrected chi connectivity index (χ0v) is 15.9. The number of nitrogens with zero attached hydrogens (tertiary/aromatic N) is 2. The van der Waals surface area contributed by atoms with E-state index in [1.54, 1.807) is 28.8 Å². The van der Waals surface area contributed by atoms with Gasteiger partial charge in [0.15, 0.2) is 10.9 Å². The van der Waals surface area contributed by atoms with Crippen LogP contribution in [-0.4, -0.2) is 26.3 Å². The fourth-order valence-corrected chi connectivity index (χ4v) is 3.34. The Kier molecular flexibility index (Phi) is 6.49. The Morgan fingerprint density at radius 1 is 1.11 bits per heavy atom. The van der Waals surface area contributed by atoms with Crippen molar-refractivity contribution in [3.8, 4) is 11.5 Å². The Labute approximate surface area is 161 Å². The molecule has 2 aromatic carbocycles. The number of benzene rings is 2. The Hall–Kier alpha value is -2.80. The summed E-state index contributed by atoms with van der Waals surface area (Å²) < 4.78 is 7.31. The van der Waals surface area contributed by atoms with Crippen molar-refractivity contribution in [3.05, 3.63) is 70.6 Å². The van der Waals surface area contributed by atoms with E-state index >= 15 is 0 Å². The number of ketones is 1. The van der Waals surface area contributed by atoms with Gasteiger partial charge in [-0.15, -0.1) is 5.10 Å². The molecule has 140 valence electrons. The molecule has 0 aliphatic carbocycles. The predicted molar refractivity (Wildman–Crippen MR) is 106 cm³/mol. The van der Waals surface area contributed by atoms with Gasteiger partial charge in [-0.3, -0.25) is 9.36 Å². The zero-order chi connectivity index (χ0) is 19.1. The van der Waals surface area contributed by atoms with Crippen molar-refractivity contribution >= 4 is 17.5 Å². The lowest BCUT2D eigenvalue weighted by Gasteiger charge is -2.07. The third kappa shape index (κ3) is 5.10. The molecular weight excluding hydrogens is 362 g/mol. The highest BCUT2D eigenvalue weighted by atomic mass is 32.2. The molecule has 1 aromatic heterocycles. The van der Waals surface area contributed by atoms with Crippen LogP contribution < -0.4 is 10.4 Å². The number of hydrogen-bond donors (Lipinski definition) is 1. The quantitative estimate of drug-likeness (QED) is 0.444. The number of rotatable bonds is 9. The van der Waals surface area contributed by atoms with E-state index in [9.17, 15) is 9.59 Å². The maximum Gasteiger partial charge on any atom is 0.343 e. The summed E-state index contributed by atoms with van der Waals surface area (Å²) in [6.07, 6.45) is 1.88. The first-order valence-corrected chi connectivity index (χ1v) is 9.80. The molecule has 0 bridgehead atoms. The molecule has 0 aliphatic rings. The molecule has 7 heteroatoms. The molecule has 3 aromatic rings. The summed E-state index contributed by atoms with van der Waals surface area (Å²) in [6, 6.07) is 16.5. The number of H-pyrrole nitrogens is 1. The first kappa shape index (κ1) is 19.0. The molecule has 3 rings (SSSR count). The molecule has 0 amide bonds. The molecule has 0 saturated carbocycles. The highest BCUT2D eigenvalue weighted by Gasteiger charge is 2.12. The van der Waals surface area contributed by atoms with E-state index in [1.807, 2.05) is 30.3 Å². The normalized spacial score (nSPS) is 10.7. The average molecular weight is 383 g/mol. The molecule has 0 unspecified atom stereocenters. The van der Waals surface area contributed by atoms with Crippen molar-refractivity contribution in [2.24, 2.45) is 0 Å². The number of carbonyl (C=O) groups is 1. The lowest BCUT2D eigenvalue weighted by molar-refractivity contribution is 0.102. The fraction of sp³-hybridized carbons (Fsp3) is 0.250. The highest BCUT2D eigenvalue weighted by molar-refractivity contribution is 7.99. The molecule has 0 atom stereocenters. The number of nitrogens with one attached hydrogen (secondary N) is 1. The SMILES string of the molecule is CCCCn1c(SCC(=O)c2ccc(Oc3ccccc3)cc2)n[nH]c1=O. The first-order chi connectivity index (χ1) is 13.2. The van der Waals surface area contributed by atoms with E-state index in [2.05, 4.69) is 17.1 Å². The average Bonchev–Trinajstić information content (AvgIpc) is 3.05. The van der Waals surface area contributed by atoms with Crippen molar-refractivity contribution < 1.29 is 9.53 Å². The van der Waals surface area contributed by atoms with E-state index in [0.29, 0.717) is 23.0 Å². The molecule has 0 aliphatic heterocycles. The van der Waals surface area contributed by atoms with Gasteiger partial charge in [0.1, 0.15) is 11.5 Å². The lowest BCUT2D eigenvalue weighted by atomic mass is 10.1. The second-order valence-corrected chi connectivity index (χ2v) is 6.91. The van der Waals surface area contributed by atoms with Crippen LogP contribution in [0.25, 0.3) is 0 Å². The van der Waals surface area contributed by atoms with Gasteiger partial charge in [-0.2, -0.15) is 0 Å². The molecule has 6 nitrogen and oxygen atoms in total. The summed E-state index contributed by atoms with van der Waals surface area (Å²) in [5, 5.41) is 7.01. The van der Waals surface area contributed by atoms with Gasteiger partial charge in [-0.25, -0.2) is 9.89 Å². The summed E-state index contributed by atoms with van der Waals surface area (Å²) in [5.74, 6) is 1.61. The minimum atomic E-state index is -0.235. The van der Waals surface area contributed by atoms with Gasteiger partial charge < -0.3 is 4.74 Å². The first-order valence-electron chi connectivity index (χ1n) is 8.81. The predicted octanol–water partition coefficient (Wildman–Crippen LogP) is 4.14. The van der Waals surface area contributed by atoms with Crippen LogP contribution in [0.1, 0.15) is 30.1 Å². The number of aromatic nitrogens is 3. The summed E-state index contributed by atoms with van der Waals surface area (Å²) in [5.41, 5.74) is 0.363. The van der Waals surface area contributed by atoms with Crippen molar-refractivity contribution in [2.75, 3.05) is 5.75 Å². The van der Waals surface area contributed by atoms with Crippen molar-refractivity contribution in [1.29, 1.82) is 0 Å². The van der Waals surface area contributed by atoms with E-state index < -0.39 is 0 Å². The van der Waals surface area contributed by atoms with Gasteiger partial charge in [0.2, 0.25) is 0 Å². The zero-order valence-electron chi connectivity index (χ0n) is 15.1. The molecule has 0 spiro atoms. The van der Waals surface area contributed by atoms with E-state index in [1.165, 1.54) is 11.8 Å².